The van der Waals surface area contributed by atoms with E-state index in [2.05, 4.69) is 10.1 Å². The molecule has 1 aromatic heterocycles. The molecule has 0 atom stereocenters. The van der Waals surface area contributed by atoms with Crippen molar-refractivity contribution in [1.29, 1.82) is 0 Å². The molecule has 0 radical (unpaired) electrons. The molecular weight excluding hydrogens is 258 g/mol. The summed E-state index contributed by atoms with van der Waals surface area (Å²) in [5.41, 5.74) is 7.51. The maximum absolute atomic E-state index is 5.73. The molecule has 2 rings (SSSR count). The van der Waals surface area contributed by atoms with Crippen molar-refractivity contribution in [3.63, 3.8) is 0 Å². The van der Waals surface area contributed by atoms with Crippen LogP contribution in [0.15, 0.2) is 28.8 Å². The number of methoxy groups -OCH3 is 1. The molecule has 0 aliphatic carbocycles. The smallest absolute Gasteiger partial charge is 0.231 e. The van der Waals surface area contributed by atoms with Gasteiger partial charge in [-0.2, -0.15) is 4.98 Å². The second kappa shape index (κ2) is 7.62. The molecule has 1 heterocycles. The Bertz CT molecular complexity index is 528. The highest BCUT2D eigenvalue weighted by Gasteiger charge is 2.07. The normalized spacial score (nSPS) is 10.8. The number of aromatic nitrogens is 2. The number of nitrogens with two attached hydrogens (primary N) is 1. The molecule has 0 spiro atoms. The van der Waals surface area contributed by atoms with E-state index in [1.165, 1.54) is 0 Å². The quantitative estimate of drug-likeness (QED) is 0.581. The fourth-order valence-electron chi connectivity index (χ4n) is 1.75. The van der Waals surface area contributed by atoms with Crippen LogP contribution < -0.4 is 5.73 Å². The van der Waals surface area contributed by atoms with Gasteiger partial charge in [0.05, 0.1) is 26.2 Å². The third-order valence-electron chi connectivity index (χ3n) is 2.72. The van der Waals surface area contributed by atoms with E-state index in [-0.39, 0.29) is 0 Å². The van der Waals surface area contributed by atoms with Crippen molar-refractivity contribution in [2.45, 2.75) is 12.8 Å². The molecule has 20 heavy (non-hydrogen) atoms. The largest absolute Gasteiger partial charge is 0.399 e. The van der Waals surface area contributed by atoms with Gasteiger partial charge in [0.15, 0.2) is 5.82 Å². The minimum Gasteiger partial charge on any atom is -0.399 e. The Labute approximate surface area is 117 Å². The molecule has 2 aromatic rings. The van der Waals surface area contributed by atoms with E-state index in [9.17, 15) is 0 Å². The highest BCUT2D eigenvalue weighted by molar-refractivity contribution is 5.41. The van der Waals surface area contributed by atoms with E-state index in [0.29, 0.717) is 44.4 Å². The Hall–Kier alpha value is -1.92. The fourth-order valence-corrected chi connectivity index (χ4v) is 1.75. The number of ether oxygens (including phenoxy) is 2. The van der Waals surface area contributed by atoms with Crippen LogP contribution in [0.5, 0.6) is 0 Å². The van der Waals surface area contributed by atoms with Gasteiger partial charge in [0, 0.05) is 19.2 Å². The lowest BCUT2D eigenvalue weighted by Crippen LogP contribution is -2.05. The maximum Gasteiger partial charge on any atom is 0.231 e. The molecular formula is C14H19N3O3. The monoisotopic (exact) mass is 277 g/mol. The molecule has 0 saturated carbocycles. The minimum atomic E-state index is 0.556. The van der Waals surface area contributed by atoms with Crippen LogP contribution in [0, 0.1) is 0 Å². The van der Waals surface area contributed by atoms with Gasteiger partial charge in [0.1, 0.15) is 0 Å². The van der Waals surface area contributed by atoms with Crippen LogP contribution in [0.25, 0.3) is 0 Å². The average molecular weight is 277 g/mol. The molecule has 6 heteroatoms. The molecule has 0 aliphatic heterocycles. The number of nitrogens with zero attached hydrogens (tertiary/aromatic N) is 2. The first-order chi connectivity index (χ1) is 9.78. The fraction of sp³-hybridized carbons (Fsp3) is 0.429. The second-order valence-electron chi connectivity index (χ2n) is 4.38. The van der Waals surface area contributed by atoms with Crippen molar-refractivity contribution in [3.05, 3.63) is 41.5 Å². The Morgan fingerprint density at radius 3 is 2.95 bits per heavy atom. The van der Waals surface area contributed by atoms with E-state index in [1.807, 2.05) is 24.3 Å². The van der Waals surface area contributed by atoms with E-state index in [0.717, 1.165) is 11.3 Å². The third kappa shape index (κ3) is 4.64. The van der Waals surface area contributed by atoms with Crippen molar-refractivity contribution in [2.24, 2.45) is 0 Å². The Balaban J connectivity index is 1.80. The lowest BCUT2D eigenvalue weighted by atomic mass is 10.1. The zero-order valence-corrected chi connectivity index (χ0v) is 11.5. The molecule has 0 bridgehead atoms. The van der Waals surface area contributed by atoms with Gasteiger partial charge < -0.3 is 19.7 Å². The van der Waals surface area contributed by atoms with Gasteiger partial charge in [-0.1, -0.05) is 17.3 Å². The zero-order valence-electron chi connectivity index (χ0n) is 11.5. The summed E-state index contributed by atoms with van der Waals surface area (Å²) in [6.45, 7) is 1.72. The van der Waals surface area contributed by atoms with Gasteiger partial charge in [-0.05, 0) is 17.7 Å². The van der Waals surface area contributed by atoms with Gasteiger partial charge in [-0.15, -0.1) is 0 Å². The van der Waals surface area contributed by atoms with Crippen LogP contribution in [0.1, 0.15) is 17.3 Å². The number of nitrogen functional groups attached to an aromatic ring is 1. The maximum atomic E-state index is 5.73. The van der Waals surface area contributed by atoms with Crippen LogP contribution in [-0.4, -0.2) is 37.1 Å². The molecule has 1 aromatic carbocycles. The van der Waals surface area contributed by atoms with Crippen molar-refractivity contribution in [3.8, 4) is 0 Å². The van der Waals surface area contributed by atoms with Crippen LogP contribution >= 0.6 is 0 Å². The number of hydrogen-bond donors (Lipinski definition) is 1. The van der Waals surface area contributed by atoms with Crippen LogP contribution in [0.2, 0.25) is 0 Å². The first-order valence-electron chi connectivity index (χ1n) is 6.50. The zero-order chi connectivity index (χ0) is 14.2. The molecule has 0 amide bonds. The Morgan fingerprint density at radius 1 is 1.25 bits per heavy atom. The molecule has 108 valence electrons. The van der Waals surface area contributed by atoms with Crippen molar-refractivity contribution in [1.82, 2.24) is 10.1 Å². The lowest BCUT2D eigenvalue weighted by molar-refractivity contribution is 0.0714. The van der Waals surface area contributed by atoms with Crippen LogP contribution in [0.3, 0.4) is 0 Å². The minimum absolute atomic E-state index is 0.556. The predicted octanol–water partition coefficient (Wildman–Crippen LogP) is 1.45. The summed E-state index contributed by atoms with van der Waals surface area (Å²) in [5, 5.41) is 3.92. The second-order valence-corrected chi connectivity index (χ2v) is 4.38. The van der Waals surface area contributed by atoms with Gasteiger partial charge in [-0.25, -0.2) is 0 Å². The van der Waals surface area contributed by atoms with E-state index < -0.39 is 0 Å². The number of rotatable bonds is 8. The predicted molar refractivity (Wildman–Crippen MR) is 74.4 cm³/mol. The molecule has 2 N–H and O–H groups in total. The summed E-state index contributed by atoms with van der Waals surface area (Å²) in [7, 11) is 1.64. The Morgan fingerprint density at radius 2 is 2.15 bits per heavy atom. The topological polar surface area (TPSA) is 83.4 Å². The van der Waals surface area contributed by atoms with Crippen molar-refractivity contribution in [2.75, 3.05) is 32.7 Å². The van der Waals surface area contributed by atoms with Gasteiger partial charge >= 0.3 is 0 Å². The first kappa shape index (κ1) is 14.5. The summed E-state index contributed by atoms with van der Waals surface area (Å²) in [6, 6.07) is 7.64. The van der Waals surface area contributed by atoms with Crippen LogP contribution in [-0.2, 0) is 22.3 Å². The lowest BCUT2D eigenvalue weighted by Gasteiger charge is -2.00. The number of hydrogen-bond acceptors (Lipinski definition) is 6. The SMILES string of the molecule is COCCOCCc1noc(Cc2cccc(N)c2)n1. The van der Waals surface area contributed by atoms with E-state index in [4.69, 9.17) is 19.7 Å². The van der Waals surface area contributed by atoms with Gasteiger partial charge in [-0.3, -0.25) is 0 Å². The number of anilines is 1. The van der Waals surface area contributed by atoms with Crippen molar-refractivity contribution >= 4 is 5.69 Å². The first-order valence-corrected chi connectivity index (χ1v) is 6.50. The summed E-state index contributed by atoms with van der Waals surface area (Å²) in [4.78, 5) is 4.32. The summed E-state index contributed by atoms with van der Waals surface area (Å²) in [5.74, 6) is 1.24. The summed E-state index contributed by atoms with van der Waals surface area (Å²) >= 11 is 0. The Kier molecular flexibility index (Phi) is 5.52. The molecule has 0 saturated heterocycles. The van der Waals surface area contributed by atoms with Crippen LogP contribution in [0.4, 0.5) is 5.69 Å². The molecule has 6 nitrogen and oxygen atoms in total. The van der Waals surface area contributed by atoms with E-state index >= 15 is 0 Å². The summed E-state index contributed by atoms with van der Waals surface area (Å²) < 4.78 is 15.5. The third-order valence-corrected chi connectivity index (χ3v) is 2.72. The highest BCUT2D eigenvalue weighted by atomic mass is 16.5. The molecule has 0 fully saturated rings. The standard InChI is InChI=1S/C14H19N3O3/c1-18-7-8-19-6-5-13-16-14(20-17-13)10-11-3-2-4-12(15)9-11/h2-4,9H,5-8,10,15H2,1H3. The summed E-state index contributed by atoms with van der Waals surface area (Å²) in [6.07, 6.45) is 1.21. The molecule has 0 aliphatic rings. The molecule has 0 unspecified atom stereocenters. The van der Waals surface area contributed by atoms with Gasteiger partial charge in [0.25, 0.3) is 0 Å². The average Bonchev–Trinajstić information content (AvgIpc) is 2.86. The van der Waals surface area contributed by atoms with Crippen molar-refractivity contribution < 1.29 is 14.0 Å². The van der Waals surface area contributed by atoms with E-state index in [1.54, 1.807) is 7.11 Å². The van der Waals surface area contributed by atoms with Gasteiger partial charge in [0.2, 0.25) is 5.89 Å². The highest BCUT2D eigenvalue weighted by Crippen LogP contribution is 2.11. The number of benzene rings is 1.